The molecule has 3 N–H and O–H groups in total. The largest absolute Gasteiger partial charge is 0.506 e. The Bertz CT molecular complexity index is 361. The van der Waals surface area contributed by atoms with Crippen LogP contribution in [0.4, 0.5) is 0 Å². The van der Waals surface area contributed by atoms with E-state index in [0.717, 1.165) is 19.5 Å². The van der Waals surface area contributed by atoms with E-state index in [9.17, 15) is 4.79 Å². The van der Waals surface area contributed by atoms with E-state index in [1.165, 1.54) is 18.5 Å². The van der Waals surface area contributed by atoms with Gasteiger partial charge in [0, 0.05) is 18.8 Å². The maximum atomic E-state index is 11.7. The molecular formula is C10H13N3O2. The molecule has 5 heteroatoms. The van der Waals surface area contributed by atoms with Crippen LogP contribution in [0.2, 0.25) is 0 Å². The lowest BCUT2D eigenvalue weighted by Crippen LogP contribution is -2.36. The van der Waals surface area contributed by atoms with Crippen LogP contribution in [0.3, 0.4) is 0 Å². The van der Waals surface area contributed by atoms with Crippen molar-refractivity contribution in [1.82, 2.24) is 15.6 Å². The van der Waals surface area contributed by atoms with E-state index < -0.39 is 0 Å². The lowest BCUT2D eigenvalue weighted by Gasteiger charge is -2.10. The highest BCUT2D eigenvalue weighted by molar-refractivity contribution is 5.94. The van der Waals surface area contributed by atoms with Crippen molar-refractivity contribution >= 4 is 5.91 Å². The summed E-state index contributed by atoms with van der Waals surface area (Å²) in [6, 6.07) is 1.59. The van der Waals surface area contributed by atoms with Crippen LogP contribution in [0.25, 0.3) is 0 Å². The Hall–Kier alpha value is -1.62. The molecule has 15 heavy (non-hydrogen) atoms. The summed E-state index contributed by atoms with van der Waals surface area (Å²) in [5.41, 5.74) is 0.391. The van der Waals surface area contributed by atoms with Gasteiger partial charge in [-0.15, -0.1) is 0 Å². The minimum absolute atomic E-state index is 0.00666. The first-order valence-corrected chi connectivity index (χ1v) is 4.91. The second kappa shape index (κ2) is 4.27. The van der Waals surface area contributed by atoms with Gasteiger partial charge in [-0.2, -0.15) is 0 Å². The van der Waals surface area contributed by atoms with Gasteiger partial charge >= 0.3 is 0 Å². The van der Waals surface area contributed by atoms with Crippen molar-refractivity contribution in [2.75, 3.05) is 13.1 Å². The summed E-state index contributed by atoms with van der Waals surface area (Å²) >= 11 is 0. The number of pyridine rings is 1. The molecule has 1 aliphatic rings. The van der Waals surface area contributed by atoms with Gasteiger partial charge in [0.2, 0.25) is 0 Å². The summed E-state index contributed by atoms with van der Waals surface area (Å²) in [6.07, 6.45) is 3.68. The number of hydrogen-bond acceptors (Lipinski definition) is 4. The molecule has 2 rings (SSSR count). The molecule has 0 bridgehead atoms. The van der Waals surface area contributed by atoms with Crippen LogP contribution >= 0.6 is 0 Å². The predicted octanol–water partition coefficient (Wildman–Crippen LogP) is -0.121. The van der Waals surface area contributed by atoms with Crippen LogP contribution in [-0.4, -0.2) is 35.1 Å². The Morgan fingerprint density at radius 3 is 3.13 bits per heavy atom. The third-order valence-electron chi connectivity index (χ3n) is 2.38. The summed E-state index contributed by atoms with van der Waals surface area (Å²) in [5.74, 6) is -0.181. The number of nitrogens with one attached hydrogen (secondary N) is 2. The average molecular weight is 207 g/mol. The quantitative estimate of drug-likeness (QED) is 0.632. The van der Waals surface area contributed by atoms with Gasteiger partial charge in [0.1, 0.15) is 5.75 Å². The highest BCUT2D eigenvalue weighted by Gasteiger charge is 2.17. The first-order chi connectivity index (χ1) is 7.25. The molecule has 2 heterocycles. The number of hydrogen-bond donors (Lipinski definition) is 3. The van der Waals surface area contributed by atoms with Gasteiger partial charge < -0.3 is 15.7 Å². The molecule has 0 aliphatic carbocycles. The Kier molecular flexibility index (Phi) is 2.82. The van der Waals surface area contributed by atoms with Crippen molar-refractivity contribution in [1.29, 1.82) is 0 Å². The normalized spacial score (nSPS) is 20.1. The third-order valence-corrected chi connectivity index (χ3v) is 2.38. The van der Waals surface area contributed by atoms with Crippen molar-refractivity contribution in [2.24, 2.45) is 0 Å². The molecule has 1 saturated heterocycles. The van der Waals surface area contributed by atoms with Crippen molar-refractivity contribution in [3.8, 4) is 5.75 Å². The standard InChI is InChI=1S/C10H13N3O2/c14-9-3-7(4-12-6-9)10(15)13-8-1-2-11-5-8/h3-4,6,8,11,14H,1-2,5H2,(H,13,15). The van der Waals surface area contributed by atoms with Crippen molar-refractivity contribution in [2.45, 2.75) is 12.5 Å². The molecule has 1 aliphatic heterocycles. The van der Waals surface area contributed by atoms with Gasteiger partial charge in [-0.05, 0) is 19.0 Å². The average Bonchev–Trinajstić information content (AvgIpc) is 2.70. The molecule has 5 nitrogen and oxygen atoms in total. The van der Waals surface area contributed by atoms with Gasteiger partial charge in [0.05, 0.1) is 11.8 Å². The van der Waals surface area contributed by atoms with Gasteiger partial charge in [0.15, 0.2) is 0 Å². The van der Waals surface area contributed by atoms with Gasteiger partial charge in [-0.25, -0.2) is 0 Å². The third kappa shape index (κ3) is 2.44. The molecule has 1 amide bonds. The van der Waals surface area contributed by atoms with E-state index >= 15 is 0 Å². The summed E-state index contributed by atoms with van der Waals surface area (Å²) in [7, 11) is 0. The fourth-order valence-corrected chi connectivity index (χ4v) is 1.60. The number of carbonyl (C=O) groups is 1. The molecule has 0 spiro atoms. The number of amides is 1. The van der Waals surface area contributed by atoms with E-state index in [0.29, 0.717) is 5.56 Å². The van der Waals surface area contributed by atoms with Crippen LogP contribution in [0, 0.1) is 0 Å². The van der Waals surface area contributed by atoms with E-state index in [2.05, 4.69) is 15.6 Å². The van der Waals surface area contributed by atoms with E-state index in [1.807, 2.05) is 0 Å². The molecule has 0 saturated carbocycles. The maximum absolute atomic E-state index is 11.7. The summed E-state index contributed by atoms with van der Waals surface area (Å²) < 4.78 is 0. The van der Waals surface area contributed by atoms with Crippen molar-refractivity contribution in [3.05, 3.63) is 24.0 Å². The monoisotopic (exact) mass is 207 g/mol. The smallest absolute Gasteiger partial charge is 0.253 e. The van der Waals surface area contributed by atoms with Gasteiger partial charge in [-0.3, -0.25) is 9.78 Å². The minimum Gasteiger partial charge on any atom is -0.506 e. The molecule has 1 aromatic heterocycles. The molecule has 1 unspecified atom stereocenters. The highest BCUT2D eigenvalue weighted by Crippen LogP contribution is 2.09. The van der Waals surface area contributed by atoms with Crippen LogP contribution in [0.1, 0.15) is 16.8 Å². The number of aromatic hydroxyl groups is 1. The molecule has 1 atom stereocenters. The SMILES string of the molecule is O=C(NC1CCNC1)c1cncc(O)c1. The second-order valence-corrected chi connectivity index (χ2v) is 3.59. The van der Waals surface area contributed by atoms with Gasteiger partial charge in [0.25, 0.3) is 5.91 Å². The van der Waals surface area contributed by atoms with E-state index in [1.54, 1.807) is 0 Å². The molecule has 0 radical (unpaired) electrons. The fourth-order valence-electron chi connectivity index (χ4n) is 1.60. The van der Waals surface area contributed by atoms with Crippen LogP contribution < -0.4 is 10.6 Å². The molecule has 1 fully saturated rings. The lowest BCUT2D eigenvalue weighted by molar-refractivity contribution is 0.0939. The number of rotatable bonds is 2. The van der Waals surface area contributed by atoms with Crippen LogP contribution in [0.15, 0.2) is 18.5 Å². The number of aromatic nitrogens is 1. The van der Waals surface area contributed by atoms with E-state index in [4.69, 9.17) is 5.11 Å². The lowest BCUT2D eigenvalue weighted by atomic mass is 10.2. The Labute approximate surface area is 87.5 Å². The Morgan fingerprint density at radius 1 is 1.60 bits per heavy atom. The summed E-state index contributed by atoms with van der Waals surface area (Å²) in [6.45, 7) is 1.74. The zero-order valence-corrected chi connectivity index (χ0v) is 8.23. The summed E-state index contributed by atoms with van der Waals surface area (Å²) in [4.78, 5) is 15.4. The van der Waals surface area contributed by atoms with Crippen molar-refractivity contribution in [3.63, 3.8) is 0 Å². The highest BCUT2D eigenvalue weighted by atomic mass is 16.3. The second-order valence-electron chi connectivity index (χ2n) is 3.59. The first-order valence-electron chi connectivity index (χ1n) is 4.91. The van der Waals surface area contributed by atoms with E-state index in [-0.39, 0.29) is 17.7 Å². The Morgan fingerprint density at radius 2 is 2.47 bits per heavy atom. The Balaban J connectivity index is 2.01. The van der Waals surface area contributed by atoms with Crippen LogP contribution in [-0.2, 0) is 0 Å². The summed E-state index contributed by atoms with van der Waals surface area (Å²) in [5, 5.41) is 15.2. The zero-order chi connectivity index (χ0) is 10.7. The van der Waals surface area contributed by atoms with Gasteiger partial charge in [-0.1, -0.05) is 0 Å². The molecule has 0 aromatic carbocycles. The zero-order valence-electron chi connectivity index (χ0n) is 8.23. The first kappa shape index (κ1) is 9.92. The topological polar surface area (TPSA) is 74.2 Å². The number of nitrogens with zero attached hydrogens (tertiary/aromatic N) is 1. The minimum atomic E-state index is -0.188. The predicted molar refractivity (Wildman–Crippen MR) is 54.6 cm³/mol. The number of carbonyl (C=O) groups excluding carboxylic acids is 1. The van der Waals surface area contributed by atoms with Crippen LogP contribution in [0.5, 0.6) is 5.75 Å². The molecule has 80 valence electrons. The van der Waals surface area contributed by atoms with Crippen molar-refractivity contribution < 1.29 is 9.90 Å². The maximum Gasteiger partial charge on any atom is 0.253 e. The molecular weight excluding hydrogens is 194 g/mol. The fraction of sp³-hybridized carbons (Fsp3) is 0.400. The molecule has 1 aromatic rings.